The molecule has 2 aliphatic rings. The molecule has 7 nitrogen and oxygen atoms in total. The zero-order chi connectivity index (χ0) is 14.9. The van der Waals surface area contributed by atoms with Crippen LogP contribution in [0.5, 0.6) is 0 Å². The number of imide groups is 1. The molecular weight excluding hydrogens is 262 g/mol. The molecule has 0 aromatic heterocycles. The SMILES string of the molecule is CN(C)CCN(CC(=O)O)C1CC(=O)N(C2CC2)C1=O. The van der Waals surface area contributed by atoms with Crippen molar-refractivity contribution in [1.29, 1.82) is 0 Å². The maximum Gasteiger partial charge on any atom is 0.317 e. The van der Waals surface area contributed by atoms with Crippen LogP contribution < -0.4 is 0 Å². The Balaban J connectivity index is 2.05. The van der Waals surface area contributed by atoms with Crippen LogP contribution >= 0.6 is 0 Å². The summed E-state index contributed by atoms with van der Waals surface area (Å²) in [4.78, 5) is 40.1. The third kappa shape index (κ3) is 3.34. The van der Waals surface area contributed by atoms with Gasteiger partial charge in [0.1, 0.15) is 0 Å². The zero-order valence-electron chi connectivity index (χ0n) is 11.9. The summed E-state index contributed by atoms with van der Waals surface area (Å²) in [5.74, 6) is -1.37. The van der Waals surface area contributed by atoms with E-state index in [1.165, 1.54) is 4.90 Å². The molecule has 112 valence electrons. The molecule has 1 aliphatic carbocycles. The van der Waals surface area contributed by atoms with Crippen LogP contribution in [0.4, 0.5) is 0 Å². The van der Waals surface area contributed by atoms with Crippen molar-refractivity contribution in [3.05, 3.63) is 0 Å². The molecule has 1 heterocycles. The van der Waals surface area contributed by atoms with Gasteiger partial charge in [-0.15, -0.1) is 0 Å². The number of rotatable bonds is 7. The number of carbonyl (C=O) groups is 3. The second-order valence-electron chi connectivity index (χ2n) is 5.72. The summed E-state index contributed by atoms with van der Waals surface area (Å²) in [6.45, 7) is 0.895. The van der Waals surface area contributed by atoms with E-state index >= 15 is 0 Å². The van der Waals surface area contributed by atoms with E-state index in [0.717, 1.165) is 12.8 Å². The Morgan fingerprint density at radius 3 is 2.45 bits per heavy atom. The smallest absolute Gasteiger partial charge is 0.317 e. The second-order valence-corrected chi connectivity index (χ2v) is 5.72. The molecule has 0 aromatic rings. The van der Waals surface area contributed by atoms with Crippen molar-refractivity contribution in [3.8, 4) is 0 Å². The maximum absolute atomic E-state index is 12.3. The number of aliphatic carboxylic acids is 1. The van der Waals surface area contributed by atoms with Crippen LogP contribution in [0.1, 0.15) is 19.3 Å². The minimum Gasteiger partial charge on any atom is -0.480 e. The van der Waals surface area contributed by atoms with Gasteiger partial charge in [-0.3, -0.25) is 24.2 Å². The van der Waals surface area contributed by atoms with Crippen molar-refractivity contribution in [2.45, 2.75) is 31.3 Å². The number of hydrogen-bond donors (Lipinski definition) is 1. The van der Waals surface area contributed by atoms with E-state index in [0.29, 0.717) is 13.1 Å². The van der Waals surface area contributed by atoms with Crippen molar-refractivity contribution < 1.29 is 19.5 Å². The van der Waals surface area contributed by atoms with E-state index in [-0.39, 0.29) is 30.8 Å². The van der Waals surface area contributed by atoms with Gasteiger partial charge < -0.3 is 10.0 Å². The van der Waals surface area contributed by atoms with E-state index in [4.69, 9.17) is 5.11 Å². The number of carboxylic acid groups (broad SMARTS) is 1. The number of carboxylic acids is 1. The zero-order valence-corrected chi connectivity index (χ0v) is 11.9. The first-order chi connectivity index (χ1) is 9.40. The van der Waals surface area contributed by atoms with Crippen LogP contribution in [0.2, 0.25) is 0 Å². The van der Waals surface area contributed by atoms with Crippen molar-refractivity contribution in [3.63, 3.8) is 0 Å². The lowest BCUT2D eigenvalue weighted by atomic mass is 10.2. The van der Waals surface area contributed by atoms with Gasteiger partial charge in [-0.25, -0.2) is 0 Å². The van der Waals surface area contributed by atoms with Crippen molar-refractivity contribution >= 4 is 17.8 Å². The molecule has 20 heavy (non-hydrogen) atoms. The Bertz CT molecular complexity index is 420. The fourth-order valence-electron chi connectivity index (χ4n) is 2.48. The normalized spacial score (nSPS) is 23.2. The fraction of sp³-hybridized carbons (Fsp3) is 0.769. The Morgan fingerprint density at radius 1 is 1.30 bits per heavy atom. The minimum atomic E-state index is -0.978. The molecule has 0 aromatic carbocycles. The first kappa shape index (κ1) is 14.9. The van der Waals surface area contributed by atoms with Gasteiger partial charge in [0.2, 0.25) is 11.8 Å². The third-order valence-electron chi connectivity index (χ3n) is 3.68. The summed E-state index contributed by atoms with van der Waals surface area (Å²) >= 11 is 0. The first-order valence-electron chi connectivity index (χ1n) is 6.86. The topological polar surface area (TPSA) is 81.2 Å². The van der Waals surface area contributed by atoms with Gasteiger partial charge in [0, 0.05) is 19.1 Å². The van der Waals surface area contributed by atoms with E-state index in [9.17, 15) is 14.4 Å². The van der Waals surface area contributed by atoms with E-state index in [2.05, 4.69) is 0 Å². The molecule has 0 bridgehead atoms. The first-order valence-corrected chi connectivity index (χ1v) is 6.86. The van der Waals surface area contributed by atoms with Crippen molar-refractivity contribution in [2.24, 2.45) is 0 Å². The molecule has 0 spiro atoms. The summed E-state index contributed by atoms with van der Waals surface area (Å²) in [6, 6.07) is -0.556. The summed E-state index contributed by atoms with van der Waals surface area (Å²) in [5.41, 5.74) is 0. The fourth-order valence-corrected chi connectivity index (χ4v) is 2.48. The second kappa shape index (κ2) is 5.88. The van der Waals surface area contributed by atoms with Crippen LogP contribution in [0, 0.1) is 0 Å². The quantitative estimate of drug-likeness (QED) is 0.618. The highest BCUT2D eigenvalue weighted by Crippen LogP contribution is 2.32. The highest BCUT2D eigenvalue weighted by Gasteiger charge is 2.48. The van der Waals surface area contributed by atoms with Crippen molar-refractivity contribution in [1.82, 2.24) is 14.7 Å². The molecule has 1 aliphatic heterocycles. The van der Waals surface area contributed by atoms with Gasteiger partial charge in [0.05, 0.1) is 19.0 Å². The monoisotopic (exact) mass is 283 g/mol. The summed E-state index contributed by atoms with van der Waals surface area (Å²) in [6.07, 6.45) is 1.86. The van der Waals surface area contributed by atoms with E-state index < -0.39 is 12.0 Å². The Kier molecular flexibility index (Phi) is 4.39. The lowest BCUT2D eigenvalue weighted by molar-refractivity contribution is -0.141. The Labute approximate surface area is 118 Å². The lowest BCUT2D eigenvalue weighted by Gasteiger charge is -2.26. The van der Waals surface area contributed by atoms with Crippen LogP contribution in [0.3, 0.4) is 0 Å². The van der Waals surface area contributed by atoms with Gasteiger partial charge in [0.25, 0.3) is 0 Å². The van der Waals surface area contributed by atoms with Crippen LogP contribution in [-0.2, 0) is 14.4 Å². The molecule has 2 fully saturated rings. The van der Waals surface area contributed by atoms with Gasteiger partial charge in [-0.05, 0) is 26.9 Å². The molecule has 2 rings (SSSR count). The standard InChI is InChI=1S/C13H21N3O4/c1-14(2)5-6-15(8-12(18)19)10-7-11(17)16(13(10)20)9-3-4-9/h9-10H,3-8H2,1-2H3,(H,18,19). The largest absolute Gasteiger partial charge is 0.480 e. The Morgan fingerprint density at radius 2 is 1.95 bits per heavy atom. The maximum atomic E-state index is 12.3. The van der Waals surface area contributed by atoms with Crippen LogP contribution in [0.15, 0.2) is 0 Å². The summed E-state index contributed by atoms with van der Waals surface area (Å²) in [5, 5.41) is 8.98. The summed E-state index contributed by atoms with van der Waals surface area (Å²) < 4.78 is 0. The van der Waals surface area contributed by atoms with Gasteiger partial charge in [0.15, 0.2) is 0 Å². The highest BCUT2D eigenvalue weighted by molar-refractivity contribution is 6.06. The van der Waals surface area contributed by atoms with Crippen molar-refractivity contribution in [2.75, 3.05) is 33.7 Å². The van der Waals surface area contributed by atoms with Gasteiger partial charge in [-0.2, -0.15) is 0 Å². The molecule has 7 heteroatoms. The van der Waals surface area contributed by atoms with Gasteiger partial charge in [-0.1, -0.05) is 0 Å². The predicted molar refractivity (Wildman–Crippen MR) is 71.0 cm³/mol. The Hall–Kier alpha value is -1.47. The van der Waals surface area contributed by atoms with Crippen LogP contribution in [0.25, 0.3) is 0 Å². The molecule has 1 unspecified atom stereocenters. The molecular formula is C13H21N3O4. The molecule has 1 N–H and O–H groups in total. The number of likely N-dealkylation sites (N-methyl/N-ethyl adjacent to an activating group) is 1. The molecule has 1 atom stereocenters. The summed E-state index contributed by atoms with van der Waals surface area (Å²) in [7, 11) is 3.77. The third-order valence-corrected chi connectivity index (χ3v) is 3.68. The predicted octanol–water partition coefficient (Wildman–Crippen LogP) is -0.775. The molecule has 0 radical (unpaired) electrons. The minimum absolute atomic E-state index is 0.0560. The van der Waals surface area contributed by atoms with E-state index in [1.807, 2.05) is 19.0 Å². The number of likely N-dealkylation sites (tertiary alicyclic amines) is 1. The molecule has 2 amide bonds. The number of amides is 2. The number of carbonyl (C=O) groups excluding carboxylic acids is 2. The average Bonchev–Trinajstić information content (AvgIpc) is 3.11. The lowest BCUT2D eigenvalue weighted by Crippen LogP contribution is -2.47. The highest BCUT2D eigenvalue weighted by atomic mass is 16.4. The van der Waals surface area contributed by atoms with Gasteiger partial charge >= 0.3 is 5.97 Å². The van der Waals surface area contributed by atoms with Crippen LogP contribution in [-0.4, -0.2) is 83.4 Å². The average molecular weight is 283 g/mol. The number of hydrogen-bond acceptors (Lipinski definition) is 5. The molecule has 1 saturated heterocycles. The van der Waals surface area contributed by atoms with E-state index in [1.54, 1.807) is 4.90 Å². The number of nitrogens with zero attached hydrogens (tertiary/aromatic N) is 3. The molecule has 1 saturated carbocycles.